The predicted octanol–water partition coefficient (Wildman–Crippen LogP) is 3.38. The van der Waals surface area contributed by atoms with Gasteiger partial charge in [0.15, 0.2) is 0 Å². The molecule has 1 aromatic carbocycles. The van der Waals surface area contributed by atoms with Crippen LogP contribution in [0.25, 0.3) is 0 Å². The molecule has 6 heteroatoms. The number of carbonyl (C=O) groups is 2. The molecule has 3 rings (SSSR count). The zero-order valence-corrected chi connectivity index (χ0v) is 18.4. The van der Waals surface area contributed by atoms with Crippen molar-refractivity contribution in [2.24, 2.45) is 5.92 Å². The number of likely N-dealkylation sites (tertiary alicyclic amines) is 2. The van der Waals surface area contributed by atoms with E-state index >= 15 is 0 Å². The van der Waals surface area contributed by atoms with Crippen molar-refractivity contribution in [2.75, 3.05) is 26.2 Å². The average Bonchev–Trinajstić information content (AvgIpc) is 2.79. The van der Waals surface area contributed by atoms with Gasteiger partial charge in [0.1, 0.15) is 5.82 Å². The molecular formula is C24H36FN3O2. The van der Waals surface area contributed by atoms with Crippen LogP contribution in [-0.2, 0) is 16.0 Å². The molecule has 2 atom stereocenters. The summed E-state index contributed by atoms with van der Waals surface area (Å²) < 4.78 is 13.7. The Hall–Kier alpha value is -1.95. The van der Waals surface area contributed by atoms with Crippen molar-refractivity contribution in [1.29, 1.82) is 0 Å². The van der Waals surface area contributed by atoms with Gasteiger partial charge in [0.05, 0.1) is 6.04 Å². The molecule has 0 aliphatic carbocycles. The van der Waals surface area contributed by atoms with Gasteiger partial charge < -0.3 is 10.2 Å². The Morgan fingerprint density at radius 3 is 2.57 bits per heavy atom. The van der Waals surface area contributed by atoms with E-state index in [1.807, 2.05) is 13.0 Å². The molecule has 0 bridgehead atoms. The van der Waals surface area contributed by atoms with Crippen LogP contribution in [0.4, 0.5) is 4.39 Å². The molecule has 2 fully saturated rings. The first-order chi connectivity index (χ1) is 14.5. The van der Waals surface area contributed by atoms with Crippen LogP contribution in [0.1, 0.15) is 57.9 Å². The van der Waals surface area contributed by atoms with E-state index in [-0.39, 0.29) is 29.6 Å². The summed E-state index contributed by atoms with van der Waals surface area (Å²) in [6, 6.07) is 6.94. The van der Waals surface area contributed by atoms with Crippen molar-refractivity contribution >= 4 is 11.8 Å². The van der Waals surface area contributed by atoms with Gasteiger partial charge in [-0.15, -0.1) is 0 Å². The third-order valence-electron chi connectivity index (χ3n) is 6.84. The number of rotatable bonds is 7. The third-order valence-corrected chi connectivity index (χ3v) is 6.84. The molecule has 2 aliphatic heterocycles. The minimum absolute atomic E-state index is 0.0254. The summed E-state index contributed by atoms with van der Waals surface area (Å²) in [5, 5.41) is 2.96. The highest BCUT2D eigenvalue weighted by molar-refractivity contribution is 5.82. The van der Waals surface area contributed by atoms with Crippen LogP contribution in [0.15, 0.2) is 24.3 Å². The van der Waals surface area contributed by atoms with Gasteiger partial charge in [0, 0.05) is 25.0 Å². The summed E-state index contributed by atoms with van der Waals surface area (Å²) in [6.45, 7) is 7.03. The zero-order valence-electron chi connectivity index (χ0n) is 18.4. The normalized spacial score (nSPS) is 22.0. The fraction of sp³-hybridized carbons (Fsp3) is 0.667. The van der Waals surface area contributed by atoms with Crippen molar-refractivity contribution in [3.05, 3.63) is 35.6 Å². The molecule has 166 valence electrons. The zero-order chi connectivity index (χ0) is 21.5. The number of carbonyl (C=O) groups excluding carboxylic acids is 2. The summed E-state index contributed by atoms with van der Waals surface area (Å²) >= 11 is 0. The Kier molecular flexibility index (Phi) is 8.25. The van der Waals surface area contributed by atoms with E-state index in [0.717, 1.165) is 51.7 Å². The highest BCUT2D eigenvalue weighted by atomic mass is 19.1. The highest BCUT2D eigenvalue weighted by Gasteiger charge is 2.34. The second kappa shape index (κ2) is 10.9. The summed E-state index contributed by atoms with van der Waals surface area (Å²) in [6.07, 6.45) is 6.48. The number of benzene rings is 1. The van der Waals surface area contributed by atoms with Crippen LogP contribution in [-0.4, -0.2) is 59.9 Å². The fourth-order valence-electron chi connectivity index (χ4n) is 4.83. The Labute approximate surface area is 180 Å². The van der Waals surface area contributed by atoms with Gasteiger partial charge in [0.2, 0.25) is 11.8 Å². The summed E-state index contributed by atoms with van der Waals surface area (Å²) in [5.74, 6) is 0.0432. The molecule has 2 unspecified atom stereocenters. The lowest BCUT2D eigenvalue weighted by molar-refractivity contribution is -0.141. The predicted molar refractivity (Wildman–Crippen MR) is 117 cm³/mol. The van der Waals surface area contributed by atoms with E-state index in [4.69, 9.17) is 0 Å². The van der Waals surface area contributed by atoms with Gasteiger partial charge in [-0.3, -0.25) is 14.5 Å². The van der Waals surface area contributed by atoms with Gasteiger partial charge in [-0.05, 0) is 76.6 Å². The Morgan fingerprint density at radius 1 is 1.13 bits per heavy atom. The van der Waals surface area contributed by atoms with Gasteiger partial charge >= 0.3 is 0 Å². The number of hydrogen-bond acceptors (Lipinski definition) is 3. The second-order valence-electron chi connectivity index (χ2n) is 8.71. The summed E-state index contributed by atoms with van der Waals surface area (Å²) in [5.41, 5.74) is 0.628. The molecule has 2 heterocycles. The van der Waals surface area contributed by atoms with Crippen LogP contribution < -0.4 is 5.32 Å². The van der Waals surface area contributed by atoms with Gasteiger partial charge in [-0.25, -0.2) is 4.39 Å². The van der Waals surface area contributed by atoms with E-state index in [1.165, 1.54) is 12.5 Å². The molecule has 2 saturated heterocycles. The first kappa shape index (κ1) is 22.7. The quantitative estimate of drug-likeness (QED) is 0.740. The second-order valence-corrected chi connectivity index (χ2v) is 8.71. The maximum absolute atomic E-state index is 13.7. The minimum Gasteiger partial charge on any atom is -0.356 e. The molecule has 0 saturated carbocycles. The van der Waals surface area contributed by atoms with Gasteiger partial charge in [0.25, 0.3) is 0 Å². The molecule has 0 aromatic heterocycles. The molecule has 0 spiro atoms. The number of halogens is 1. The van der Waals surface area contributed by atoms with E-state index in [9.17, 15) is 14.0 Å². The van der Waals surface area contributed by atoms with Crippen LogP contribution in [0, 0.1) is 11.7 Å². The number of nitrogens with one attached hydrogen (secondary N) is 1. The van der Waals surface area contributed by atoms with Crippen molar-refractivity contribution in [2.45, 2.75) is 70.9 Å². The van der Waals surface area contributed by atoms with E-state index in [2.05, 4.69) is 22.0 Å². The van der Waals surface area contributed by atoms with Crippen molar-refractivity contribution in [3.8, 4) is 0 Å². The Bertz CT molecular complexity index is 718. The number of nitrogens with zero attached hydrogens (tertiary/aromatic N) is 2. The van der Waals surface area contributed by atoms with E-state index < -0.39 is 0 Å². The monoisotopic (exact) mass is 417 g/mol. The topological polar surface area (TPSA) is 52.7 Å². The maximum atomic E-state index is 13.7. The van der Waals surface area contributed by atoms with Gasteiger partial charge in [-0.2, -0.15) is 0 Å². The average molecular weight is 418 g/mol. The number of amides is 2. The van der Waals surface area contributed by atoms with Crippen molar-refractivity contribution < 1.29 is 14.0 Å². The van der Waals surface area contributed by atoms with E-state index in [1.54, 1.807) is 12.1 Å². The third kappa shape index (κ3) is 5.60. The summed E-state index contributed by atoms with van der Waals surface area (Å²) in [7, 11) is 0. The lowest BCUT2D eigenvalue weighted by Crippen LogP contribution is -2.54. The molecule has 1 aromatic rings. The maximum Gasteiger partial charge on any atom is 0.239 e. The standard InChI is InChI=1S/C24H36FN3O2/c1-3-21-9-6-7-15-28(21)24(30)18(2)27-16-12-20(13-17-27)23(29)26-14-11-19-8-4-5-10-22(19)25/h4-5,8,10,18,20-21H,3,6-7,9,11-17H2,1-2H3,(H,26,29). The first-order valence-corrected chi connectivity index (χ1v) is 11.6. The smallest absolute Gasteiger partial charge is 0.239 e. The number of hydrogen-bond donors (Lipinski definition) is 1. The van der Waals surface area contributed by atoms with Crippen LogP contribution in [0.2, 0.25) is 0 Å². The van der Waals surface area contributed by atoms with Crippen LogP contribution in [0.3, 0.4) is 0 Å². The lowest BCUT2D eigenvalue weighted by Gasteiger charge is -2.41. The summed E-state index contributed by atoms with van der Waals surface area (Å²) in [4.78, 5) is 29.9. The van der Waals surface area contributed by atoms with Crippen molar-refractivity contribution in [3.63, 3.8) is 0 Å². The Morgan fingerprint density at radius 2 is 1.87 bits per heavy atom. The minimum atomic E-state index is -0.224. The fourth-order valence-corrected chi connectivity index (χ4v) is 4.83. The molecule has 5 nitrogen and oxygen atoms in total. The molecular weight excluding hydrogens is 381 g/mol. The van der Waals surface area contributed by atoms with E-state index in [0.29, 0.717) is 24.6 Å². The van der Waals surface area contributed by atoms with Crippen molar-refractivity contribution in [1.82, 2.24) is 15.1 Å². The van der Waals surface area contributed by atoms with Crippen LogP contribution in [0.5, 0.6) is 0 Å². The largest absolute Gasteiger partial charge is 0.356 e. The number of piperidine rings is 2. The molecule has 0 radical (unpaired) electrons. The molecule has 1 N–H and O–H groups in total. The first-order valence-electron chi connectivity index (χ1n) is 11.6. The molecule has 2 amide bonds. The lowest BCUT2D eigenvalue weighted by atomic mass is 9.94. The van der Waals surface area contributed by atoms with Crippen LogP contribution >= 0.6 is 0 Å². The highest BCUT2D eigenvalue weighted by Crippen LogP contribution is 2.24. The molecule has 2 aliphatic rings. The van der Waals surface area contributed by atoms with Gasteiger partial charge in [-0.1, -0.05) is 25.1 Å². The SMILES string of the molecule is CCC1CCCCN1C(=O)C(C)N1CCC(C(=O)NCCc2ccccc2F)CC1. The molecule has 30 heavy (non-hydrogen) atoms. The Balaban J connectivity index is 1.42.